The van der Waals surface area contributed by atoms with Crippen molar-refractivity contribution >= 4 is 44.2 Å². The summed E-state index contributed by atoms with van der Waals surface area (Å²) in [4.78, 5) is 41.7. The average Bonchev–Trinajstić information content (AvgIpc) is 4.04. The van der Waals surface area contributed by atoms with Gasteiger partial charge in [0.1, 0.15) is 22.0 Å². The fourth-order valence-electron chi connectivity index (χ4n) is 11.1. The number of anilines is 2. The number of carbonyl (C=O) groups excluding carboxylic acids is 1. The maximum atomic E-state index is 14.0. The SMILES string of the molecule is CC1CCC(CNc2ncc(S(=O)(=O)NC(=O)c3ccc(N4CCC5(CC4)CC(N4CCOC[C@@]4(C)c4ccccc4C4CC4)C5)cc3Oc3cnc4[nH]ccc4c3)cc2[N+](=O)[O-])CC1. The van der Waals surface area contributed by atoms with Crippen LogP contribution in [0.25, 0.3) is 11.0 Å². The first-order chi connectivity index (χ1) is 31.4. The van der Waals surface area contributed by atoms with Crippen LogP contribution in [0.3, 0.4) is 0 Å². The van der Waals surface area contributed by atoms with E-state index in [-0.39, 0.29) is 28.1 Å². The Bertz CT molecular complexity index is 2700. The lowest BCUT2D eigenvalue weighted by Gasteiger charge is -2.60. The van der Waals surface area contributed by atoms with Crippen LogP contribution in [-0.4, -0.2) is 84.5 Å². The lowest BCUT2D eigenvalue weighted by atomic mass is 9.59. The molecule has 15 nitrogen and oxygen atoms in total. The van der Waals surface area contributed by atoms with Gasteiger partial charge < -0.3 is 24.7 Å². The zero-order valence-electron chi connectivity index (χ0n) is 37.1. The highest BCUT2D eigenvalue weighted by Crippen LogP contribution is 2.55. The molecule has 5 fully saturated rings. The first kappa shape index (κ1) is 43.3. The second-order valence-electron chi connectivity index (χ2n) is 19.5. The van der Waals surface area contributed by atoms with Crippen LogP contribution in [0.4, 0.5) is 17.2 Å². The minimum atomic E-state index is -4.60. The molecule has 2 saturated heterocycles. The number of morpholine rings is 1. The van der Waals surface area contributed by atoms with E-state index in [1.54, 1.807) is 30.6 Å². The van der Waals surface area contributed by atoms with Gasteiger partial charge in [0.05, 0.1) is 41.6 Å². The quantitative estimate of drug-likeness (QED) is 0.0754. The number of piperidine rings is 1. The van der Waals surface area contributed by atoms with E-state index < -0.39 is 31.4 Å². The molecule has 1 spiro atoms. The minimum Gasteiger partial charge on any atom is -0.455 e. The summed E-state index contributed by atoms with van der Waals surface area (Å²) in [5.41, 5.74) is 4.03. The number of hydrogen-bond donors (Lipinski definition) is 3. The summed E-state index contributed by atoms with van der Waals surface area (Å²) in [5.74, 6) is 1.22. The molecule has 0 bridgehead atoms. The number of hydrogen-bond acceptors (Lipinski definition) is 12. The van der Waals surface area contributed by atoms with Crippen molar-refractivity contribution in [1.29, 1.82) is 0 Å². The molecule has 1 atom stereocenters. The van der Waals surface area contributed by atoms with Crippen molar-refractivity contribution in [2.24, 2.45) is 17.3 Å². The Labute approximate surface area is 379 Å². The van der Waals surface area contributed by atoms with Crippen molar-refractivity contribution in [1.82, 2.24) is 24.6 Å². The molecular weight excluding hydrogens is 845 g/mol. The molecule has 0 unspecified atom stereocenters. The number of fused-ring (bicyclic) bond motifs is 1. The number of aromatic nitrogens is 3. The first-order valence-corrected chi connectivity index (χ1v) is 24.7. The summed E-state index contributed by atoms with van der Waals surface area (Å²) in [6, 6.07) is 19.2. The van der Waals surface area contributed by atoms with Crippen LogP contribution in [-0.2, 0) is 20.3 Å². The van der Waals surface area contributed by atoms with Gasteiger partial charge in [-0.25, -0.2) is 23.1 Å². The van der Waals surface area contributed by atoms with E-state index in [1.807, 2.05) is 12.1 Å². The minimum absolute atomic E-state index is 0.00989. The second-order valence-corrected chi connectivity index (χ2v) is 21.2. The summed E-state index contributed by atoms with van der Waals surface area (Å²) in [5, 5.41) is 16.0. The number of nitro groups is 1. The summed E-state index contributed by atoms with van der Waals surface area (Å²) < 4.78 is 42.1. The molecule has 5 aromatic rings. The van der Waals surface area contributed by atoms with Crippen LogP contribution in [0.5, 0.6) is 11.5 Å². The van der Waals surface area contributed by atoms with Crippen molar-refractivity contribution in [2.75, 3.05) is 49.6 Å². The number of pyridine rings is 2. The number of nitrogens with zero attached hydrogens (tertiary/aromatic N) is 5. The molecule has 10 rings (SSSR count). The van der Waals surface area contributed by atoms with Crippen LogP contribution < -0.4 is 19.7 Å². The van der Waals surface area contributed by atoms with E-state index in [4.69, 9.17) is 9.47 Å². The fraction of sp³-hybridized carbons (Fsp3) is 0.490. The molecule has 3 aliphatic carbocycles. The molecule has 342 valence electrons. The van der Waals surface area contributed by atoms with Crippen LogP contribution in [0.2, 0.25) is 0 Å². The molecule has 65 heavy (non-hydrogen) atoms. The lowest BCUT2D eigenvalue weighted by Crippen LogP contribution is -2.63. The van der Waals surface area contributed by atoms with E-state index in [0.29, 0.717) is 48.3 Å². The third-order valence-electron chi connectivity index (χ3n) is 15.1. The average molecular weight is 903 g/mol. The van der Waals surface area contributed by atoms with Gasteiger partial charge in [-0.2, -0.15) is 0 Å². The molecule has 3 aromatic heterocycles. The van der Waals surface area contributed by atoms with Crippen LogP contribution >= 0.6 is 0 Å². The molecule has 5 aliphatic rings. The molecule has 2 aromatic carbocycles. The predicted octanol–water partition coefficient (Wildman–Crippen LogP) is 8.89. The number of aromatic amines is 1. The Morgan fingerprint density at radius 3 is 2.54 bits per heavy atom. The normalized spacial score (nSPS) is 23.8. The molecule has 5 heterocycles. The summed E-state index contributed by atoms with van der Waals surface area (Å²) in [6.07, 6.45) is 15.5. The number of carbonyl (C=O) groups is 1. The number of ether oxygens (including phenoxy) is 2. The fourth-order valence-corrected chi connectivity index (χ4v) is 12.0. The van der Waals surface area contributed by atoms with E-state index in [9.17, 15) is 23.3 Å². The molecule has 16 heteroatoms. The highest BCUT2D eigenvalue weighted by molar-refractivity contribution is 7.90. The highest BCUT2D eigenvalue weighted by atomic mass is 32.2. The third-order valence-corrected chi connectivity index (χ3v) is 16.4. The van der Waals surface area contributed by atoms with Gasteiger partial charge in [0.25, 0.3) is 15.9 Å². The van der Waals surface area contributed by atoms with Gasteiger partial charge in [-0.3, -0.25) is 19.8 Å². The lowest BCUT2D eigenvalue weighted by molar-refractivity contribution is -0.384. The maximum absolute atomic E-state index is 14.0. The molecule has 3 saturated carbocycles. The van der Waals surface area contributed by atoms with Gasteiger partial charge >= 0.3 is 5.69 Å². The van der Waals surface area contributed by atoms with Crippen LogP contribution in [0.15, 0.2) is 84.1 Å². The smallest absolute Gasteiger partial charge is 0.312 e. The monoisotopic (exact) mass is 902 g/mol. The van der Waals surface area contributed by atoms with Crippen molar-refractivity contribution in [3.8, 4) is 11.5 Å². The number of benzene rings is 2. The maximum Gasteiger partial charge on any atom is 0.312 e. The topological polar surface area (TPSA) is 185 Å². The Kier molecular flexibility index (Phi) is 11.6. The van der Waals surface area contributed by atoms with Gasteiger partial charge in [0.15, 0.2) is 0 Å². The van der Waals surface area contributed by atoms with E-state index in [1.165, 1.54) is 24.0 Å². The zero-order valence-corrected chi connectivity index (χ0v) is 37.9. The standard InChI is InChI=1S/C49H58N8O7S/c1-32-7-9-33(10-8-32)28-51-46-43(57(59)60)25-39(30-53-46)65(61,62)54-47(58)41-14-13-36(24-44(41)64-38-23-35-15-18-50-45(35)52-29-38)55-19-16-49(17-20-55)26-37(27-49)56-21-22-63-31-48(56,2)42-6-4-3-5-40(42)34-11-12-34/h3-6,13-15,18,23-25,29-30,32-34,37H,7-12,16-17,19-22,26-28,31H2,1-2H3,(H,50,52)(H,51,53)(H,54,58)/t32?,33?,48-/m0/s1. The number of rotatable bonds is 13. The van der Waals surface area contributed by atoms with Gasteiger partial charge in [0, 0.05) is 61.6 Å². The van der Waals surface area contributed by atoms with Gasteiger partial charge in [-0.1, -0.05) is 44.0 Å². The van der Waals surface area contributed by atoms with Gasteiger partial charge in [0.2, 0.25) is 5.82 Å². The first-order valence-electron chi connectivity index (χ1n) is 23.3. The number of amides is 1. The summed E-state index contributed by atoms with van der Waals surface area (Å²) >= 11 is 0. The highest BCUT2D eigenvalue weighted by Gasteiger charge is 2.53. The van der Waals surface area contributed by atoms with Crippen molar-refractivity contribution in [2.45, 2.75) is 100 Å². The second kappa shape index (κ2) is 17.3. The Balaban J connectivity index is 0.844. The largest absolute Gasteiger partial charge is 0.455 e. The molecule has 2 aliphatic heterocycles. The van der Waals surface area contributed by atoms with Crippen LogP contribution in [0.1, 0.15) is 105 Å². The van der Waals surface area contributed by atoms with Crippen molar-refractivity contribution in [3.63, 3.8) is 0 Å². The molecule has 1 amide bonds. The predicted molar refractivity (Wildman–Crippen MR) is 248 cm³/mol. The van der Waals surface area contributed by atoms with Crippen molar-refractivity contribution in [3.05, 3.63) is 106 Å². The van der Waals surface area contributed by atoms with E-state index in [2.05, 4.69) is 72.9 Å². The van der Waals surface area contributed by atoms with Gasteiger partial charge in [-0.15, -0.1) is 0 Å². The molecular formula is C49H58N8O7S. The Hall–Kier alpha value is -5.58. The number of sulfonamides is 1. The number of H-pyrrole nitrogens is 1. The number of nitrogens with one attached hydrogen (secondary N) is 3. The van der Waals surface area contributed by atoms with E-state index in [0.717, 1.165) is 101 Å². The Morgan fingerprint density at radius 1 is 0.985 bits per heavy atom. The molecule has 3 N–H and O–H groups in total. The Morgan fingerprint density at radius 2 is 1.77 bits per heavy atom. The molecule has 0 radical (unpaired) electrons. The summed E-state index contributed by atoms with van der Waals surface area (Å²) in [7, 11) is -4.60. The third kappa shape index (κ3) is 8.79. The summed E-state index contributed by atoms with van der Waals surface area (Å²) in [6.45, 7) is 9.14. The van der Waals surface area contributed by atoms with E-state index >= 15 is 0 Å². The van der Waals surface area contributed by atoms with Gasteiger partial charge in [-0.05, 0) is 117 Å². The van der Waals surface area contributed by atoms with Crippen LogP contribution in [0, 0.1) is 27.4 Å². The zero-order chi connectivity index (χ0) is 44.9. The van der Waals surface area contributed by atoms with Crippen molar-refractivity contribution < 1.29 is 27.6 Å².